The Labute approximate surface area is 130 Å². The maximum Gasteiger partial charge on any atom is 0.244 e. The van der Waals surface area contributed by atoms with Crippen molar-refractivity contribution in [2.75, 3.05) is 17.2 Å². The van der Waals surface area contributed by atoms with Crippen LogP contribution in [0.4, 0.5) is 11.8 Å². The lowest BCUT2D eigenvalue weighted by Crippen LogP contribution is -2.10. The largest absolute Gasteiger partial charge is 0.467 e. The molecule has 2 aromatic heterocycles. The van der Waals surface area contributed by atoms with Gasteiger partial charge in [0.25, 0.3) is 0 Å². The third-order valence-corrected chi connectivity index (χ3v) is 3.70. The molecule has 0 amide bonds. The van der Waals surface area contributed by atoms with E-state index in [1.54, 1.807) is 18.0 Å². The summed E-state index contributed by atoms with van der Waals surface area (Å²) in [6.45, 7) is 1.42. The molecule has 3 rings (SSSR count). The van der Waals surface area contributed by atoms with Gasteiger partial charge < -0.3 is 15.1 Å². The smallest absolute Gasteiger partial charge is 0.244 e. The maximum atomic E-state index is 5.27. The van der Waals surface area contributed by atoms with Crippen molar-refractivity contribution in [1.29, 1.82) is 0 Å². The van der Waals surface area contributed by atoms with Gasteiger partial charge in [0, 0.05) is 6.54 Å². The summed E-state index contributed by atoms with van der Waals surface area (Å²) in [4.78, 5) is 4.40. The maximum absolute atomic E-state index is 5.27. The van der Waals surface area contributed by atoms with Crippen molar-refractivity contribution in [3.8, 4) is 0 Å². The minimum absolute atomic E-state index is 0.556. The van der Waals surface area contributed by atoms with Gasteiger partial charge in [0.05, 0.1) is 19.0 Å². The topological polar surface area (TPSA) is 75.9 Å². The molecule has 2 N–H and O–H groups in total. The van der Waals surface area contributed by atoms with Gasteiger partial charge in [0.15, 0.2) is 5.82 Å². The van der Waals surface area contributed by atoms with Crippen LogP contribution < -0.4 is 10.6 Å². The zero-order valence-electron chi connectivity index (χ0n) is 12.6. The summed E-state index contributed by atoms with van der Waals surface area (Å²) in [7, 11) is 0. The van der Waals surface area contributed by atoms with Gasteiger partial charge in [-0.2, -0.15) is 10.1 Å². The molecule has 0 saturated carbocycles. The molecule has 22 heavy (non-hydrogen) atoms. The predicted molar refractivity (Wildman–Crippen MR) is 85.5 cm³/mol. The molecule has 0 radical (unpaired) electrons. The molecule has 0 atom stereocenters. The van der Waals surface area contributed by atoms with E-state index in [2.05, 4.69) is 31.9 Å². The quantitative estimate of drug-likeness (QED) is 0.763. The molecule has 0 spiro atoms. The Hall–Kier alpha value is -2.37. The molecular formula is C16H21N5O. The van der Waals surface area contributed by atoms with Crippen LogP contribution in [0.1, 0.15) is 37.9 Å². The molecule has 116 valence electrons. The van der Waals surface area contributed by atoms with Gasteiger partial charge >= 0.3 is 0 Å². The predicted octanol–water partition coefficient (Wildman–Crippen LogP) is 3.38. The van der Waals surface area contributed by atoms with Gasteiger partial charge in [0.2, 0.25) is 5.95 Å². The van der Waals surface area contributed by atoms with Crippen LogP contribution in [-0.4, -0.2) is 21.7 Å². The fourth-order valence-corrected chi connectivity index (χ4v) is 2.52. The van der Waals surface area contributed by atoms with E-state index < -0.39 is 0 Å². The molecule has 0 aliphatic heterocycles. The number of hydrogen-bond donors (Lipinski definition) is 2. The molecule has 0 unspecified atom stereocenters. The molecule has 0 fully saturated rings. The lowest BCUT2D eigenvalue weighted by Gasteiger charge is -2.12. The van der Waals surface area contributed by atoms with E-state index in [1.165, 1.54) is 25.7 Å². The highest BCUT2D eigenvalue weighted by molar-refractivity contribution is 5.37. The first-order chi connectivity index (χ1) is 10.9. The Kier molecular flexibility index (Phi) is 5.02. The highest BCUT2D eigenvalue weighted by Crippen LogP contribution is 2.19. The highest BCUT2D eigenvalue weighted by Gasteiger charge is 2.05. The Morgan fingerprint density at radius 3 is 3.05 bits per heavy atom. The van der Waals surface area contributed by atoms with E-state index in [0.29, 0.717) is 18.3 Å². The van der Waals surface area contributed by atoms with Crippen LogP contribution >= 0.6 is 0 Å². The molecule has 1 aliphatic carbocycles. The van der Waals surface area contributed by atoms with Gasteiger partial charge in [-0.1, -0.05) is 11.6 Å². The zero-order chi connectivity index (χ0) is 15.0. The number of rotatable bonds is 7. The number of anilines is 2. The Morgan fingerprint density at radius 2 is 2.23 bits per heavy atom. The fourth-order valence-electron chi connectivity index (χ4n) is 2.52. The van der Waals surface area contributed by atoms with Gasteiger partial charge in [-0.25, -0.2) is 0 Å². The Morgan fingerprint density at radius 1 is 1.23 bits per heavy atom. The number of nitrogens with one attached hydrogen (secondary N) is 2. The van der Waals surface area contributed by atoms with E-state index in [-0.39, 0.29) is 0 Å². The van der Waals surface area contributed by atoms with Crippen molar-refractivity contribution in [1.82, 2.24) is 15.2 Å². The first-order valence-corrected chi connectivity index (χ1v) is 7.78. The first-order valence-electron chi connectivity index (χ1n) is 7.78. The van der Waals surface area contributed by atoms with Crippen molar-refractivity contribution >= 4 is 11.8 Å². The average molecular weight is 299 g/mol. The monoisotopic (exact) mass is 299 g/mol. The van der Waals surface area contributed by atoms with Crippen molar-refractivity contribution in [2.24, 2.45) is 0 Å². The normalized spacial score (nSPS) is 14.5. The van der Waals surface area contributed by atoms with Crippen LogP contribution in [0.25, 0.3) is 0 Å². The van der Waals surface area contributed by atoms with Gasteiger partial charge in [-0.05, 0) is 44.2 Å². The number of hydrogen-bond acceptors (Lipinski definition) is 6. The Balaban J connectivity index is 1.47. The van der Waals surface area contributed by atoms with Crippen molar-refractivity contribution in [2.45, 2.75) is 38.6 Å². The van der Waals surface area contributed by atoms with Gasteiger partial charge in [-0.15, -0.1) is 5.10 Å². The zero-order valence-corrected chi connectivity index (χ0v) is 12.6. The van der Waals surface area contributed by atoms with E-state index in [0.717, 1.165) is 18.7 Å². The summed E-state index contributed by atoms with van der Waals surface area (Å²) in [5.41, 5.74) is 1.54. The number of nitrogens with zero attached hydrogens (tertiary/aromatic N) is 3. The van der Waals surface area contributed by atoms with Crippen LogP contribution in [0, 0.1) is 0 Å². The molecule has 1 aliphatic rings. The molecule has 6 heteroatoms. The second-order valence-electron chi connectivity index (χ2n) is 5.38. The van der Waals surface area contributed by atoms with Crippen molar-refractivity contribution < 1.29 is 4.42 Å². The third-order valence-electron chi connectivity index (χ3n) is 3.70. The van der Waals surface area contributed by atoms with Gasteiger partial charge in [0.1, 0.15) is 5.76 Å². The second kappa shape index (κ2) is 7.59. The van der Waals surface area contributed by atoms with Crippen molar-refractivity contribution in [3.63, 3.8) is 0 Å². The number of allylic oxidation sites excluding steroid dienone is 1. The van der Waals surface area contributed by atoms with E-state index >= 15 is 0 Å². The summed E-state index contributed by atoms with van der Waals surface area (Å²) >= 11 is 0. The van der Waals surface area contributed by atoms with Crippen LogP contribution in [0.3, 0.4) is 0 Å². The highest BCUT2D eigenvalue weighted by atomic mass is 16.3. The van der Waals surface area contributed by atoms with Crippen LogP contribution in [0.15, 0.2) is 40.7 Å². The fraction of sp³-hybridized carbons (Fsp3) is 0.438. The lowest BCUT2D eigenvalue weighted by molar-refractivity contribution is 0.517. The standard InChI is InChI=1S/C16H21N5O/c1-2-5-13(6-3-1)8-9-17-16-20-15(12-19-21-16)18-11-14-7-4-10-22-14/h4-5,7,10,12H,1-3,6,8-9,11H2,(H2,17,18,20,21). The minimum atomic E-state index is 0.556. The number of aromatic nitrogens is 3. The second-order valence-corrected chi connectivity index (χ2v) is 5.38. The summed E-state index contributed by atoms with van der Waals surface area (Å²) in [6.07, 6.45) is 11.8. The summed E-state index contributed by atoms with van der Waals surface area (Å²) in [5.74, 6) is 2.10. The van der Waals surface area contributed by atoms with Gasteiger partial charge in [-0.3, -0.25) is 0 Å². The van der Waals surface area contributed by atoms with E-state index in [4.69, 9.17) is 4.42 Å². The summed E-state index contributed by atoms with van der Waals surface area (Å²) in [6, 6.07) is 3.78. The van der Waals surface area contributed by atoms with Crippen LogP contribution in [-0.2, 0) is 6.54 Å². The third kappa shape index (κ3) is 4.31. The summed E-state index contributed by atoms with van der Waals surface area (Å²) in [5, 5.41) is 14.4. The van der Waals surface area contributed by atoms with Crippen LogP contribution in [0.5, 0.6) is 0 Å². The Bertz CT molecular complexity index is 609. The lowest BCUT2D eigenvalue weighted by atomic mass is 9.97. The molecule has 0 aromatic carbocycles. The summed E-state index contributed by atoms with van der Waals surface area (Å²) < 4.78 is 5.27. The van der Waals surface area contributed by atoms with Crippen molar-refractivity contribution in [3.05, 3.63) is 42.0 Å². The molecule has 0 saturated heterocycles. The first kappa shape index (κ1) is 14.6. The number of furan rings is 1. The molecule has 6 nitrogen and oxygen atoms in total. The van der Waals surface area contributed by atoms with E-state index in [9.17, 15) is 0 Å². The average Bonchev–Trinajstić information content (AvgIpc) is 3.08. The molecule has 2 heterocycles. The SMILES string of the molecule is C1=C(CCNc2nncc(NCc3ccco3)n2)CCCC1. The molecule has 0 bridgehead atoms. The molecule has 2 aromatic rings. The molecular weight excluding hydrogens is 278 g/mol. The minimum Gasteiger partial charge on any atom is -0.467 e. The van der Waals surface area contributed by atoms with Crippen LogP contribution in [0.2, 0.25) is 0 Å². The van der Waals surface area contributed by atoms with E-state index in [1.807, 2.05) is 12.1 Å².